The largest absolute Gasteiger partial charge is 0.312 e. The normalized spacial score (nSPS) is 13.6. The molecule has 0 aliphatic rings. The van der Waals surface area contributed by atoms with Gasteiger partial charge in [0.25, 0.3) is 0 Å². The van der Waals surface area contributed by atoms with Crippen LogP contribution in [-0.4, -0.2) is 33.0 Å². The average molecular weight is 401 g/mol. The van der Waals surface area contributed by atoms with E-state index >= 15 is 0 Å². The fourth-order valence-electron chi connectivity index (χ4n) is 1.67. The molecule has 0 aromatic carbocycles. The van der Waals surface area contributed by atoms with Crippen LogP contribution in [0.3, 0.4) is 0 Å². The Bertz CT molecular complexity index is 517. The predicted molar refractivity (Wildman–Crippen MR) is 92.2 cm³/mol. The molecule has 0 saturated heterocycles. The summed E-state index contributed by atoms with van der Waals surface area (Å²) in [7, 11) is -3.45. The van der Waals surface area contributed by atoms with E-state index in [0.29, 0.717) is 15.2 Å². The zero-order valence-electron chi connectivity index (χ0n) is 11.9. The molecule has 0 aliphatic heterocycles. The lowest BCUT2D eigenvalue weighted by Crippen LogP contribution is -2.34. The second-order valence-corrected chi connectivity index (χ2v) is 9.55. The molecule has 1 aromatic rings. The molecule has 4 nitrogen and oxygen atoms in total. The van der Waals surface area contributed by atoms with Crippen LogP contribution in [0.15, 0.2) is 14.7 Å². The second-order valence-electron chi connectivity index (χ2n) is 4.51. The van der Waals surface area contributed by atoms with Gasteiger partial charge in [-0.1, -0.05) is 6.92 Å². The van der Waals surface area contributed by atoms with Gasteiger partial charge in [-0.2, -0.15) is 11.8 Å². The van der Waals surface area contributed by atoms with Crippen LogP contribution in [-0.2, 0) is 16.6 Å². The third-order valence-electron chi connectivity index (χ3n) is 2.50. The number of thioether (sulfide) groups is 1. The summed E-state index contributed by atoms with van der Waals surface area (Å²) >= 11 is 6.44. The lowest BCUT2D eigenvalue weighted by Gasteiger charge is -2.12. The second kappa shape index (κ2) is 8.75. The Hall–Kier alpha value is 0.400. The molecule has 0 radical (unpaired) electrons. The molecular weight excluding hydrogens is 380 g/mol. The molecule has 8 heteroatoms. The zero-order valence-corrected chi connectivity index (χ0v) is 15.9. The standard InChI is InChI=1S/C12H21BrN2O2S3/c1-4-5-14-7-10-6-11(12(13)19-10)20(16,17)15-9(2)8-18-3/h6,9,14-15H,4-5,7-8H2,1-3H3. The third-order valence-corrected chi connectivity index (χ3v) is 7.17. The monoisotopic (exact) mass is 400 g/mol. The summed E-state index contributed by atoms with van der Waals surface area (Å²) in [6, 6.07) is 1.66. The van der Waals surface area contributed by atoms with Crippen molar-refractivity contribution in [2.45, 2.75) is 37.8 Å². The van der Waals surface area contributed by atoms with Crippen LogP contribution in [0.25, 0.3) is 0 Å². The number of rotatable bonds is 9. The van der Waals surface area contributed by atoms with Crippen LogP contribution in [0, 0.1) is 0 Å². The molecule has 0 saturated carbocycles. The van der Waals surface area contributed by atoms with Crippen LogP contribution in [0.2, 0.25) is 0 Å². The highest BCUT2D eigenvalue weighted by Crippen LogP contribution is 2.31. The molecule has 116 valence electrons. The highest BCUT2D eigenvalue weighted by molar-refractivity contribution is 9.11. The Morgan fingerprint density at radius 3 is 2.80 bits per heavy atom. The first-order valence-electron chi connectivity index (χ1n) is 6.41. The van der Waals surface area contributed by atoms with E-state index in [9.17, 15) is 8.42 Å². The van der Waals surface area contributed by atoms with Gasteiger partial charge in [0.1, 0.15) is 4.90 Å². The minimum Gasteiger partial charge on any atom is -0.312 e. The zero-order chi connectivity index (χ0) is 15.2. The molecular formula is C12H21BrN2O2S3. The number of hydrogen-bond acceptors (Lipinski definition) is 5. The van der Waals surface area contributed by atoms with Crippen LogP contribution < -0.4 is 10.0 Å². The van der Waals surface area contributed by atoms with Gasteiger partial charge in [0.2, 0.25) is 10.0 Å². The van der Waals surface area contributed by atoms with Gasteiger partial charge in [-0.05, 0) is 48.1 Å². The number of thiophene rings is 1. The van der Waals surface area contributed by atoms with Crippen LogP contribution in [0.5, 0.6) is 0 Å². The van der Waals surface area contributed by atoms with Gasteiger partial charge < -0.3 is 5.32 Å². The van der Waals surface area contributed by atoms with Crippen LogP contribution >= 0.6 is 39.0 Å². The van der Waals surface area contributed by atoms with Gasteiger partial charge in [-0.15, -0.1) is 11.3 Å². The van der Waals surface area contributed by atoms with Crippen LogP contribution in [0.1, 0.15) is 25.1 Å². The first-order chi connectivity index (χ1) is 9.40. The van der Waals surface area contributed by atoms with E-state index in [1.54, 1.807) is 17.8 Å². The molecule has 1 heterocycles. The van der Waals surface area contributed by atoms with Gasteiger partial charge >= 0.3 is 0 Å². The Morgan fingerprint density at radius 2 is 2.20 bits per heavy atom. The van der Waals surface area contributed by atoms with E-state index in [1.165, 1.54) is 11.3 Å². The van der Waals surface area contributed by atoms with E-state index in [2.05, 4.69) is 32.9 Å². The quantitative estimate of drug-likeness (QED) is 0.625. The lowest BCUT2D eigenvalue weighted by molar-refractivity contribution is 0.571. The van der Waals surface area contributed by atoms with Gasteiger partial charge in [0.15, 0.2) is 0 Å². The molecule has 1 aromatic heterocycles. The Balaban J connectivity index is 2.79. The van der Waals surface area contributed by atoms with Gasteiger partial charge in [-0.25, -0.2) is 13.1 Å². The topological polar surface area (TPSA) is 58.2 Å². The third kappa shape index (κ3) is 5.65. The molecule has 1 unspecified atom stereocenters. The van der Waals surface area contributed by atoms with Crippen molar-refractivity contribution in [3.8, 4) is 0 Å². The van der Waals surface area contributed by atoms with Crippen molar-refractivity contribution in [2.75, 3.05) is 18.6 Å². The summed E-state index contributed by atoms with van der Waals surface area (Å²) in [4.78, 5) is 1.35. The smallest absolute Gasteiger partial charge is 0.242 e. The lowest BCUT2D eigenvalue weighted by atomic mass is 10.4. The van der Waals surface area contributed by atoms with E-state index in [-0.39, 0.29) is 6.04 Å². The number of halogens is 1. The SMILES string of the molecule is CCCNCc1cc(S(=O)(=O)NC(C)CSC)c(Br)s1. The van der Waals surface area contributed by atoms with Crippen molar-refractivity contribution < 1.29 is 8.42 Å². The molecule has 0 fully saturated rings. The number of nitrogens with one attached hydrogen (secondary N) is 2. The maximum absolute atomic E-state index is 12.3. The molecule has 0 bridgehead atoms. The summed E-state index contributed by atoms with van der Waals surface area (Å²) in [6.45, 7) is 5.61. The minimum atomic E-state index is -3.45. The van der Waals surface area contributed by atoms with Crippen molar-refractivity contribution in [1.29, 1.82) is 0 Å². The van der Waals surface area contributed by atoms with Crippen molar-refractivity contribution in [2.24, 2.45) is 0 Å². The van der Waals surface area contributed by atoms with E-state index in [4.69, 9.17) is 0 Å². The van der Waals surface area contributed by atoms with Crippen LogP contribution in [0.4, 0.5) is 0 Å². The molecule has 0 spiro atoms. The van der Waals surface area contributed by atoms with Crippen molar-refractivity contribution in [3.05, 3.63) is 14.7 Å². The summed E-state index contributed by atoms with van der Waals surface area (Å²) in [5.41, 5.74) is 0. The summed E-state index contributed by atoms with van der Waals surface area (Å²) < 4.78 is 28.0. The van der Waals surface area contributed by atoms with Gasteiger partial charge in [0.05, 0.1) is 3.79 Å². The van der Waals surface area contributed by atoms with E-state index < -0.39 is 10.0 Å². The summed E-state index contributed by atoms with van der Waals surface area (Å²) in [6.07, 6.45) is 3.02. The Kier molecular flexibility index (Phi) is 8.07. The van der Waals surface area contributed by atoms with Crippen molar-refractivity contribution in [1.82, 2.24) is 10.0 Å². The van der Waals surface area contributed by atoms with Crippen molar-refractivity contribution >= 4 is 49.1 Å². The highest BCUT2D eigenvalue weighted by atomic mass is 79.9. The molecule has 1 rings (SSSR count). The fraction of sp³-hybridized carbons (Fsp3) is 0.667. The Labute approximate surface area is 138 Å². The number of sulfonamides is 1. The van der Waals surface area contributed by atoms with Crippen molar-refractivity contribution in [3.63, 3.8) is 0 Å². The van der Waals surface area contributed by atoms with E-state index in [1.807, 2.05) is 13.2 Å². The van der Waals surface area contributed by atoms with E-state index in [0.717, 1.165) is 23.6 Å². The predicted octanol–water partition coefficient (Wildman–Crippen LogP) is 3.04. The maximum atomic E-state index is 12.3. The molecule has 20 heavy (non-hydrogen) atoms. The molecule has 2 N–H and O–H groups in total. The first kappa shape index (κ1) is 18.4. The minimum absolute atomic E-state index is 0.0801. The number of hydrogen-bond donors (Lipinski definition) is 2. The summed E-state index contributed by atoms with van der Waals surface area (Å²) in [5.74, 6) is 0.756. The molecule has 1 atom stereocenters. The highest BCUT2D eigenvalue weighted by Gasteiger charge is 2.22. The first-order valence-corrected chi connectivity index (χ1v) is 10.9. The summed E-state index contributed by atoms with van der Waals surface area (Å²) in [5, 5.41) is 3.28. The molecule has 0 amide bonds. The maximum Gasteiger partial charge on any atom is 0.242 e. The van der Waals surface area contributed by atoms with Gasteiger partial charge in [0, 0.05) is 23.2 Å². The molecule has 0 aliphatic carbocycles. The van der Waals surface area contributed by atoms with Gasteiger partial charge in [-0.3, -0.25) is 0 Å². The fourth-order valence-corrected chi connectivity index (χ4v) is 6.25. The average Bonchev–Trinajstić information content (AvgIpc) is 2.71. The Morgan fingerprint density at radius 1 is 1.50 bits per heavy atom.